The Kier molecular flexibility index (Phi) is 6.18. The highest BCUT2D eigenvalue weighted by molar-refractivity contribution is 7.99. The Morgan fingerprint density at radius 1 is 0.935 bits per heavy atom. The summed E-state index contributed by atoms with van der Waals surface area (Å²) >= 11 is 1.42. The number of thioether (sulfide) groups is 1. The number of fused-ring (bicyclic) bond motifs is 1. The second kappa shape index (κ2) is 9.18. The Bertz CT molecular complexity index is 1280. The third-order valence-corrected chi connectivity index (χ3v) is 5.97. The summed E-state index contributed by atoms with van der Waals surface area (Å²) in [6.07, 6.45) is 0.314. The Morgan fingerprint density at radius 3 is 2.35 bits per heavy atom. The SMILES string of the molecule is Cc1cccc(C)c1-n1c(SCCC(=O)Nc2ccccc2)nc2ccccc2c1=O. The molecule has 4 aromatic rings. The number of benzene rings is 3. The molecule has 0 saturated heterocycles. The molecule has 0 radical (unpaired) electrons. The number of carbonyl (C=O) groups is 1. The summed E-state index contributed by atoms with van der Waals surface area (Å²) in [5, 5.41) is 4.06. The minimum absolute atomic E-state index is 0.0690. The average Bonchev–Trinajstić information content (AvgIpc) is 2.76. The summed E-state index contributed by atoms with van der Waals surface area (Å²) in [5.74, 6) is 0.439. The number of hydrogen-bond acceptors (Lipinski definition) is 4. The molecule has 1 heterocycles. The van der Waals surface area contributed by atoms with Crippen molar-refractivity contribution in [1.82, 2.24) is 9.55 Å². The number of amides is 1. The molecular weight excluding hydrogens is 406 g/mol. The Balaban J connectivity index is 1.65. The molecule has 0 aliphatic heterocycles. The van der Waals surface area contributed by atoms with Gasteiger partial charge in [-0.2, -0.15) is 0 Å². The van der Waals surface area contributed by atoms with E-state index in [0.29, 0.717) is 28.2 Å². The third kappa shape index (κ3) is 4.54. The molecule has 0 unspecified atom stereocenters. The maximum atomic E-state index is 13.4. The van der Waals surface area contributed by atoms with Crippen molar-refractivity contribution < 1.29 is 4.79 Å². The van der Waals surface area contributed by atoms with Gasteiger partial charge >= 0.3 is 0 Å². The minimum atomic E-state index is -0.0979. The molecule has 1 aromatic heterocycles. The van der Waals surface area contributed by atoms with Gasteiger partial charge in [0, 0.05) is 17.9 Å². The predicted molar refractivity (Wildman–Crippen MR) is 127 cm³/mol. The zero-order valence-electron chi connectivity index (χ0n) is 17.5. The van der Waals surface area contributed by atoms with Crippen molar-refractivity contribution in [3.8, 4) is 5.69 Å². The van der Waals surface area contributed by atoms with Gasteiger partial charge in [0.05, 0.1) is 16.6 Å². The molecule has 0 aliphatic carbocycles. The standard InChI is InChI=1S/C25H23N3O2S/c1-17-9-8-10-18(2)23(17)28-24(30)20-13-6-7-14-21(20)27-25(28)31-16-15-22(29)26-19-11-4-3-5-12-19/h3-14H,15-16H2,1-2H3,(H,26,29). The summed E-state index contributed by atoms with van der Waals surface area (Å²) < 4.78 is 1.69. The zero-order valence-corrected chi connectivity index (χ0v) is 18.3. The molecule has 5 nitrogen and oxygen atoms in total. The number of aromatic nitrogens is 2. The van der Waals surface area contributed by atoms with Gasteiger partial charge in [-0.25, -0.2) is 4.98 Å². The lowest BCUT2D eigenvalue weighted by atomic mass is 10.1. The molecule has 4 rings (SSSR count). The van der Waals surface area contributed by atoms with Crippen molar-refractivity contribution >= 4 is 34.3 Å². The molecule has 1 N–H and O–H groups in total. The van der Waals surface area contributed by atoms with E-state index in [1.807, 2.05) is 80.6 Å². The van der Waals surface area contributed by atoms with Crippen LogP contribution in [0.4, 0.5) is 5.69 Å². The quantitative estimate of drug-likeness (QED) is 0.341. The molecule has 3 aromatic carbocycles. The minimum Gasteiger partial charge on any atom is -0.326 e. The summed E-state index contributed by atoms with van der Waals surface area (Å²) in [4.78, 5) is 30.5. The predicted octanol–water partition coefficient (Wildman–Crippen LogP) is 5.12. The summed E-state index contributed by atoms with van der Waals surface area (Å²) in [6.45, 7) is 3.98. The van der Waals surface area contributed by atoms with Gasteiger partial charge in [-0.3, -0.25) is 14.2 Å². The second-order valence-corrected chi connectivity index (χ2v) is 8.37. The normalized spacial score (nSPS) is 10.9. The van der Waals surface area contributed by atoms with Crippen molar-refractivity contribution in [3.63, 3.8) is 0 Å². The second-order valence-electron chi connectivity index (χ2n) is 7.31. The van der Waals surface area contributed by atoms with Crippen LogP contribution < -0.4 is 10.9 Å². The number of nitrogens with one attached hydrogen (secondary N) is 1. The van der Waals surface area contributed by atoms with E-state index in [2.05, 4.69) is 5.32 Å². The molecule has 6 heteroatoms. The fourth-order valence-corrected chi connectivity index (χ4v) is 4.48. The lowest BCUT2D eigenvalue weighted by molar-refractivity contribution is -0.115. The van der Waals surface area contributed by atoms with E-state index in [4.69, 9.17) is 4.98 Å². The van der Waals surface area contributed by atoms with Crippen LogP contribution >= 0.6 is 11.8 Å². The highest BCUT2D eigenvalue weighted by Crippen LogP contribution is 2.25. The fourth-order valence-electron chi connectivity index (χ4n) is 3.54. The van der Waals surface area contributed by atoms with Gasteiger partial charge in [-0.15, -0.1) is 0 Å². The van der Waals surface area contributed by atoms with Gasteiger partial charge < -0.3 is 5.32 Å². The van der Waals surface area contributed by atoms with Crippen molar-refractivity contribution in [2.24, 2.45) is 0 Å². The van der Waals surface area contributed by atoms with Crippen LogP contribution in [0.1, 0.15) is 17.5 Å². The number of hydrogen-bond donors (Lipinski definition) is 1. The van der Waals surface area contributed by atoms with Gasteiger partial charge in [0.2, 0.25) is 5.91 Å². The number of anilines is 1. The zero-order chi connectivity index (χ0) is 21.8. The smallest absolute Gasteiger partial charge is 0.266 e. The topological polar surface area (TPSA) is 64.0 Å². The largest absolute Gasteiger partial charge is 0.326 e. The first kappa shape index (κ1) is 20.9. The molecule has 0 aliphatic rings. The summed E-state index contributed by atoms with van der Waals surface area (Å²) in [5.41, 5.74) is 4.19. The number of para-hydroxylation sites is 3. The third-order valence-electron chi connectivity index (χ3n) is 5.03. The Hall–Kier alpha value is -3.38. The van der Waals surface area contributed by atoms with Crippen LogP contribution in [0, 0.1) is 13.8 Å². The molecule has 0 saturated carbocycles. The molecule has 0 bridgehead atoms. The van der Waals surface area contributed by atoms with Crippen LogP contribution in [0.3, 0.4) is 0 Å². The molecule has 0 atom stereocenters. The maximum Gasteiger partial charge on any atom is 0.266 e. The molecular formula is C25H23N3O2S. The Labute approximate surface area is 185 Å². The van der Waals surface area contributed by atoms with Crippen LogP contribution in [-0.4, -0.2) is 21.2 Å². The number of carbonyl (C=O) groups excluding carboxylic acids is 1. The molecule has 156 valence electrons. The van der Waals surface area contributed by atoms with E-state index in [1.165, 1.54) is 11.8 Å². The molecule has 0 fully saturated rings. The monoisotopic (exact) mass is 429 g/mol. The van der Waals surface area contributed by atoms with Crippen LogP contribution in [-0.2, 0) is 4.79 Å². The van der Waals surface area contributed by atoms with E-state index in [-0.39, 0.29) is 11.5 Å². The van der Waals surface area contributed by atoms with E-state index in [1.54, 1.807) is 10.6 Å². The highest BCUT2D eigenvalue weighted by Gasteiger charge is 2.16. The first-order valence-corrected chi connectivity index (χ1v) is 11.1. The van der Waals surface area contributed by atoms with Crippen molar-refractivity contribution in [3.05, 3.63) is 94.3 Å². The van der Waals surface area contributed by atoms with E-state index in [0.717, 1.165) is 22.5 Å². The van der Waals surface area contributed by atoms with E-state index in [9.17, 15) is 9.59 Å². The molecule has 31 heavy (non-hydrogen) atoms. The lowest BCUT2D eigenvalue weighted by Crippen LogP contribution is -2.23. The molecule has 0 spiro atoms. The van der Waals surface area contributed by atoms with E-state index >= 15 is 0 Å². The van der Waals surface area contributed by atoms with Crippen molar-refractivity contribution in [1.29, 1.82) is 0 Å². The van der Waals surface area contributed by atoms with Crippen LogP contribution in [0.25, 0.3) is 16.6 Å². The van der Waals surface area contributed by atoms with E-state index < -0.39 is 0 Å². The number of aryl methyl sites for hydroxylation is 2. The summed E-state index contributed by atoms with van der Waals surface area (Å²) in [6, 6.07) is 22.7. The summed E-state index contributed by atoms with van der Waals surface area (Å²) in [7, 11) is 0. The fraction of sp³-hybridized carbons (Fsp3) is 0.160. The van der Waals surface area contributed by atoms with Crippen LogP contribution in [0.2, 0.25) is 0 Å². The Morgan fingerprint density at radius 2 is 1.61 bits per heavy atom. The lowest BCUT2D eigenvalue weighted by Gasteiger charge is -2.17. The van der Waals surface area contributed by atoms with Crippen molar-refractivity contribution in [2.75, 3.05) is 11.1 Å². The molecule has 1 amide bonds. The van der Waals surface area contributed by atoms with Gasteiger partial charge in [0.25, 0.3) is 5.56 Å². The first-order chi connectivity index (χ1) is 15.0. The number of rotatable bonds is 6. The van der Waals surface area contributed by atoms with Gasteiger partial charge in [0.1, 0.15) is 0 Å². The van der Waals surface area contributed by atoms with Gasteiger partial charge in [-0.1, -0.05) is 60.3 Å². The van der Waals surface area contributed by atoms with Gasteiger partial charge in [0.15, 0.2) is 5.16 Å². The first-order valence-electron chi connectivity index (χ1n) is 10.1. The van der Waals surface area contributed by atoms with Crippen LogP contribution in [0.5, 0.6) is 0 Å². The van der Waals surface area contributed by atoms with Crippen molar-refractivity contribution in [2.45, 2.75) is 25.4 Å². The maximum absolute atomic E-state index is 13.4. The number of nitrogens with zero attached hydrogens (tertiary/aromatic N) is 2. The van der Waals surface area contributed by atoms with Crippen LogP contribution in [0.15, 0.2) is 82.7 Å². The highest BCUT2D eigenvalue weighted by atomic mass is 32.2. The average molecular weight is 430 g/mol. The van der Waals surface area contributed by atoms with Gasteiger partial charge in [-0.05, 0) is 49.2 Å².